The minimum absolute atomic E-state index is 0.0628. The van der Waals surface area contributed by atoms with Gasteiger partial charge in [0.25, 0.3) is 17.4 Å². The van der Waals surface area contributed by atoms with Crippen molar-refractivity contribution in [1.82, 2.24) is 25.1 Å². The summed E-state index contributed by atoms with van der Waals surface area (Å²) in [5.74, 6) is -1.30. The molecule has 13 nitrogen and oxygen atoms in total. The fourth-order valence-corrected chi connectivity index (χ4v) is 8.24. The molecule has 7 rings (SSSR count). The van der Waals surface area contributed by atoms with Crippen LogP contribution in [0.25, 0.3) is 10.9 Å². The van der Waals surface area contributed by atoms with Crippen LogP contribution in [0.4, 0.5) is 10.1 Å². The number of amides is 5. The summed E-state index contributed by atoms with van der Waals surface area (Å²) in [6.45, 7) is 4.72. The standard InChI is InChI=1S/C35H37FN6O7S/c1-19(43)40-10-6-20(7-11-40)17-49-22-15-26(36)31-27(16-22)37-29(38-33(31)46)18-50-23-8-12-41(13-9-23)21-2-3-24-25(14-21)35(48)42(34(24)47)28-4-5-30(44)39-32(28)45/h2-3,14-16,20,23,28H,4-13,17-18H2,1H3,(H,37,38,46)(H,39,44,45). The average Bonchev–Trinajstić information content (AvgIpc) is 3.34. The summed E-state index contributed by atoms with van der Waals surface area (Å²) in [7, 11) is 0. The largest absolute Gasteiger partial charge is 0.493 e. The average molecular weight is 705 g/mol. The molecule has 4 aliphatic heterocycles. The second kappa shape index (κ2) is 13.8. The number of piperidine rings is 3. The Bertz CT molecular complexity index is 1950. The molecule has 0 bridgehead atoms. The lowest BCUT2D eigenvalue weighted by atomic mass is 9.98. The van der Waals surface area contributed by atoms with E-state index in [4.69, 9.17) is 4.74 Å². The Morgan fingerprint density at radius 2 is 1.70 bits per heavy atom. The number of anilines is 1. The highest BCUT2D eigenvalue weighted by atomic mass is 32.2. The van der Waals surface area contributed by atoms with Gasteiger partial charge in [0.15, 0.2) is 0 Å². The minimum atomic E-state index is -1.01. The number of hydrogen-bond donors (Lipinski definition) is 2. The van der Waals surface area contributed by atoms with E-state index in [2.05, 4.69) is 20.2 Å². The molecule has 262 valence electrons. The first-order valence-electron chi connectivity index (χ1n) is 16.9. The summed E-state index contributed by atoms with van der Waals surface area (Å²) in [6.07, 6.45) is 3.45. The van der Waals surface area contributed by atoms with Crippen molar-refractivity contribution in [3.05, 3.63) is 63.5 Å². The number of nitrogens with zero attached hydrogens (tertiary/aromatic N) is 4. The highest BCUT2D eigenvalue weighted by Gasteiger charge is 2.44. The van der Waals surface area contributed by atoms with Gasteiger partial charge in [0.2, 0.25) is 17.7 Å². The summed E-state index contributed by atoms with van der Waals surface area (Å²) < 4.78 is 20.9. The van der Waals surface area contributed by atoms with Gasteiger partial charge >= 0.3 is 0 Å². The fraction of sp³-hybridized carbons (Fsp3) is 0.457. The molecule has 3 fully saturated rings. The van der Waals surface area contributed by atoms with Crippen LogP contribution in [0.3, 0.4) is 0 Å². The van der Waals surface area contributed by atoms with E-state index in [-0.39, 0.29) is 51.9 Å². The van der Waals surface area contributed by atoms with E-state index < -0.39 is 41.0 Å². The van der Waals surface area contributed by atoms with Crippen LogP contribution in [0, 0.1) is 11.7 Å². The van der Waals surface area contributed by atoms with Crippen molar-refractivity contribution >= 4 is 57.9 Å². The molecule has 15 heteroatoms. The summed E-state index contributed by atoms with van der Waals surface area (Å²) in [5.41, 5.74) is 1.000. The van der Waals surface area contributed by atoms with Crippen molar-refractivity contribution in [2.75, 3.05) is 37.7 Å². The molecular weight excluding hydrogens is 667 g/mol. The maximum atomic E-state index is 15.0. The number of H-pyrrole nitrogens is 1. The molecule has 0 saturated carbocycles. The number of ether oxygens (including phenoxy) is 1. The quantitative estimate of drug-likeness (QED) is 0.334. The molecule has 1 atom stereocenters. The maximum Gasteiger partial charge on any atom is 0.262 e. The third-order valence-electron chi connectivity index (χ3n) is 10.0. The lowest BCUT2D eigenvalue weighted by Gasteiger charge is -2.33. The molecule has 5 amide bonds. The number of hydrogen-bond acceptors (Lipinski definition) is 10. The van der Waals surface area contributed by atoms with Crippen LogP contribution >= 0.6 is 11.8 Å². The van der Waals surface area contributed by atoms with Crippen LogP contribution in [0.2, 0.25) is 0 Å². The first-order valence-corrected chi connectivity index (χ1v) is 17.9. The number of aromatic amines is 1. The molecule has 1 aromatic heterocycles. The number of nitrogens with one attached hydrogen (secondary N) is 2. The van der Waals surface area contributed by atoms with Crippen molar-refractivity contribution in [3.63, 3.8) is 0 Å². The van der Waals surface area contributed by atoms with Crippen LogP contribution in [0.15, 0.2) is 35.1 Å². The number of thioether (sulfide) groups is 1. The number of halogens is 1. The number of benzene rings is 2. The number of fused-ring (bicyclic) bond motifs is 2. The van der Waals surface area contributed by atoms with Crippen molar-refractivity contribution < 1.29 is 33.1 Å². The van der Waals surface area contributed by atoms with Crippen molar-refractivity contribution in [3.8, 4) is 5.75 Å². The first-order chi connectivity index (χ1) is 24.0. The molecule has 3 saturated heterocycles. The Balaban J connectivity index is 0.944. The second-order valence-corrected chi connectivity index (χ2v) is 14.5. The third kappa shape index (κ3) is 6.70. The van der Waals surface area contributed by atoms with Gasteiger partial charge in [-0.2, -0.15) is 11.8 Å². The Morgan fingerprint density at radius 1 is 0.960 bits per heavy atom. The predicted octanol–water partition coefficient (Wildman–Crippen LogP) is 3.00. The van der Waals surface area contributed by atoms with Gasteiger partial charge in [-0.15, -0.1) is 0 Å². The molecule has 1 unspecified atom stereocenters. The zero-order valence-electron chi connectivity index (χ0n) is 27.5. The van der Waals surface area contributed by atoms with Crippen LogP contribution in [0.1, 0.15) is 72.0 Å². The zero-order valence-corrected chi connectivity index (χ0v) is 28.4. The normalized spacial score (nSPS) is 20.4. The van der Waals surface area contributed by atoms with Crippen LogP contribution in [-0.4, -0.2) is 93.4 Å². The fourth-order valence-electron chi connectivity index (χ4n) is 7.16. The second-order valence-electron chi connectivity index (χ2n) is 13.2. The lowest BCUT2D eigenvalue weighted by molar-refractivity contribution is -0.136. The smallest absolute Gasteiger partial charge is 0.262 e. The molecule has 5 heterocycles. The predicted molar refractivity (Wildman–Crippen MR) is 182 cm³/mol. The van der Waals surface area contributed by atoms with Gasteiger partial charge in [-0.1, -0.05) is 0 Å². The van der Waals surface area contributed by atoms with Gasteiger partial charge in [0, 0.05) is 62.6 Å². The number of carbonyl (C=O) groups excluding carboxylic acids is 5. The van der Waals surface area contributed by atoms with E-state index in [1.54, 1.807) is 36.9 Å². The number of carbonyl (C=O) groups is 5. The zero-order chi connectivity index (χ0) is 35.1. The van der Waals surface area contributed by atoms with Gasteiger partial charge in [-0.05, 0) is 56.2 Å². The molecule has 0 radical (unpaired) electrons. The van der Waals surface area contributed by atoms with Gasteiger partial charge in [0.05, 0.1) is 29.0 Å². The molecule has 0 aliphatic carbocycles. The molecular formula is C35H37FN6O7S. The van der Waals surface area contributed by atoms with Crippen molar-refractivity contribution in [2.45, 2.75) is 62.5 Å². The summed E-state index contributed by atoms with van der Waals surface area (Å²) >= 11 is 1.66. The Hall–Kier alpha value is -4.79. The van der Waals surface area contributed by atoms with E-state index >= 15 is 0 Å². The van der Waals surface area contributed by atoms with E-state index in [0.29, 0.717) is 50.1 Å². The Labute approximate surface area is 290 Å². The minimum Gasteiger partial charge on any atom is -0.493 e. The number of aromatic nitrogens is 2. The first kappa shape index (κ1) is 33.7. The molecule has 2 N–H and O–H groups in total. The van der Waals surface area contributed by atoms with E-state index in [1.807, 2.05) is 11.0 Å². The van der Waals surface area contributed by atoms with Crippen LogP contribution in [0.5, 0.6) is 5.75 Å². The Morgan fingerprint density at radius 3 is 2.42 bits per heavy atom. The van der Waals surface area contributed by atoms with Gasteiger partial charge in [0.1, 0.15) is 28.8 Å². The monoisotopic (exact) mass is 704 g/mol. The molecule has 0 spiro atoms. The SMILES string of the molecule is CC(=O)N1CCC(COc2cc(F)c3c(=O)[nH]c(CSC4CCN(c5ccc6c(c5)C(=O)N(C5CCC(=O)NC5=O)C6=O)CC4)nc3c2)CC1. The maximum absolute atomic E-state index is 15.0. The number of rotatable bonds is 8. The van der Waals surface area contributed by atoms with Crippen molar-refractivity contribution in [1.29, 1.82) is 0 Å². The third-order valence-corrected chi connectivity index (χ3v) is 11.4. The van der Waals surface area contributed by atoms with E-state index in [0.717, 1.165) is 36.3 Å². The van der Waals surface area contributed by atoms with Crippen LogP contribution in [-0.2, 0) is 20.1 Å². The Kier molecular flexibility index (Phi) is 9.33. The summed E-state index contributed by atoms with van der Waals surface area (Å²) in [5, 5.41) is 2.38. The summed E-state index contributed by atoms with van der Waals surface area (Å²) in [6, 6.07) is 6.94. The summed E-state index contributed by atoms with van der Waals surface area (Å²) in [4.78, 5) is 86.9. The highest BCUT2D eigenvalue weighted by molar-refractivity contribution is 7.99. The topological polar surface area (TPSA) is 162 Å². The molecule has 4 aliphatic rings. The number of likely N-dealkylation sites (tertiary alicyclic amines) is 1. The highest BCUT2D eigenvalue weighted by Crippen LogP contribution is 2.34. The molecule has 3 aromatic rings. The van der Waals surface area contributed by atoms with Gasteiger partial charge < -0.3 is 19.5 Å². The molecule has 2 aromatic carbocycles. The molecule has 50 heavy (non-hydrogen) atoms. The van der Waals surface area contributed by atoms with Crippen molar-refractivity contribution in [2.24, 2.45) is 5.92 Å². The van der Waals surface area contributed by atoms with E-state index in [9.17, 15) is 33.2 Å². The number of imide groups is 2. The van der Waals surface area contributed by atoms with E-state index in [1.165, 1.54) is 6.07 Å². The lowest BCUT2D eigenvalue weighted by Crippen LogP contribution is -2.54. The van der Waals surface area contributed by atoms with Crippen LogP contribution < -0.4 is 20.5 Å². The van der Waals surface area contributed by atoms with Gasteiger partial charge in [-0.25, -0.2) is 9.37 Å². The van der Waals surface area contributed by atoms with Gasteiger partial charge in [-0.3, -0.25) is 39.0 Å².